The van der Waals surface area contributed by atoms with Crippen molar-refractivity contribution in [2.24, 2.45) is 5.41 Å². The van der Waals surface area contributed by atoms with Crippen LogP contribution in [0.5, 0.6) is 11.5 Å². The van der Waals surface area contributed by atoms with E-state index >= 15 is 0 Å². The van der Waals surface area contributed by atoms with E-state index in [0.29, 0.717) is 44.2 Å². The highest BCUT2D eigenvalue weighted by Crippen LogP contribution is 2.52. The van der Waals surface area contributed by atoms with Crippen molar-refractivity contribution in [1.29, 1.82) is 5.26 Å². The van der Waals surface area contributed by atoms with Gasteiger partial charge in [-0.05, 0) is 38.0 Å². The van der Waals surface area contributed by atoms with Crippen LogP contribution in [0.4, 0.5) is 0 Å². The fourth-order valence-electron chi connectivity index (χ4n) is 5.41. The number of nitriles is 1. The highest BCUT2D eigenvalue weighted by Gasteiger charge is 2.59. The zero-order chi connectivity index (χ0) is 22.5. The zero-order valence-corrected chi connectivity index (χ0v) is 18.5. The molecular formula is C23H28N4O5. The first-order valence-corrected chi connectivity index (χ1v) is 11.2. The quantitative estimate of drug-likeness (QED) is 0.693. The maximum absolute atomic E-state index is 13.6. The third-order valence-corrected chi connectivity index (χ3v) is 7.21. The van der Waals surface area contributed by atoms with Gasteiger partial charge in [0.1, 0.15) is 12.1 Å². The third kappa shape index (κ3) is 3.29. The number of amides is 2. The largest absolute Gasteiger partial charge is 0.454 e. The standard InChI is InChI=1S/C23H28N4O5/c1-15-21(28)27-17(22(29)26(15)6-5-25-7-9-30-10-8-25)12-23(2,13-24)20(27)16-3-4-18-19(11-16)32-14-31-18/h3-4,11,15,17,20H,5-10,12,14H2,1-2H3/t15?,17?,20?,23-/m1/s1. The molecule has 0 N–H and O–H groups in total. The van der Waals surface area contributed by atoms with Crippen molar-refractivity contribution < 1.29 is 23.8 Å². The molecule has 4 aliphatic heterocycles. The van der Waals surface area contributed by atoms with Crippen LogP contribution in [-0.2, 0) is 14.3 Å². The summed E-state index contributed by atoms with van der Waals surface area (Å²) < 4.78 is 16.3. The summed E-state index contributed by atoms with van der Waals surface area (Å²) >= 11 is 0. The Morgan fingerprint density at radius 1 is 1.12 bits per heavy atom. The first kappa shape index (κ1) is 21.0. The summed E-state index contributed by atoms with van der Waals surface area (Å²) in [6.07, 6.45) is 0.313. The molecule has 5 rings (SSSR count). The molecule has 0 spiro atoms. The van der Waals surface area contributed by atoms with Crippen molar-refractivity contribution in [3.63, 3.8) is 0 Å². The number of carbonyl (C=O) groups excluding carboxylic acids is 2. The third-order valence-electron chi connectivity index (χ3n) is 7.21. The first-order valence-electron chi connectivity index (χ1n) is 11.2. The summed E-state index contributed by atoms with van der Waals surface area (Å²) in [6, 6.07) is 6.18. The average molecular weight is 441 g/mol. The Kier molecular flexibility index (Phi) is 5.22. The number of hydrogen-bond acceptors (Lipinski definition) is 7. The minimum Gasteiger partial charge on any atom is -0.454 e. The zero-order valence-electron chi connectivity index (χ0n) is 18.5. The Hall–Kier alpha value is -2.83. The number of nitrogens with zero attached hydrogens (tertiary/aromatic N) is 4. The van der Waals surface area contributed by atoms with Crippen molar-refractivity contribution >= 4 is 11.8 Å². The Morgan fingerprint density at radius 2 is 1.88 bits per heavy atom. The van der Waals surface area contributed by atoms with Crippen LogP contribution in [0.3, 0.4) is 0 Å². The summed E-state index contributed by atoms with van der Waals surface area (Å²) in [6.45, 7) is 8.02. The Labute approximate surface area is 187 Å². The predicted octanol–water partition coefficient (Wildman–Crippen LogP) is 1.15. The maximum Gasteiger partial charge on any atom is 0.246 e. The molecule has 0 aromatic heterocycles. The average Bonchev–Trinajstić information content (AvgIpc) is 3.40. The second kappa shape index (κ2) is 7.94. The molecule has 0 radical (unpaired) electrons. The van der Waals surface area contributed by atoms with E-state index in [-0.39, 0.29) is 18.6 Å². The fraction of sp³-hybridized carbons (Fsp3) is 0.609. The van der Waals surface area contributed by atoms with Gasteiger partial charge in [0.25, 0.3) is 0 Å². The van der Waals surface area contributed by atoms with Crippen LogP contribution in [-0.4, -0.2) is 84.8 Å². The van der Waals surface area contributed by atoms with Gasteiger partial charge in [-0.1, -0.05) is 6.07 Å². The first-order chi connectivity index (χ1) is 15.4. The number of benzene rings is 1. The van der Waals surface area contributed by atoms with Crippen molar-refractivity contribution in [2.45, 2.75) is 38.4 Å². The summed E-state index contributed by atoms with van der Waals surface area (Å²) in [5.74, 6) is 1.06. The number of hydrogen-bond donors (Lipinski definition) is 0. The molecule has 4 aliphatic rings. The molecule has 0 bridgehead atoms. The molecule has 0 aliphatic carbocycles. The molecule has 4 atom stereocenters. The van der Waals surface area contributed by atoms with Crippen LogP contribution >= 0.6 is 0 Å². The molecule has 1 aromatic carbocycles. The Balaban J connectivity index is 1.42. The van der Waals surface area contributed by atoms with Gasteiger partial charge in [0.2, 0.25) is 18.6 Å². The van der Waals surface area contributed by atoms with Gasteiger partial charge < -0.3 is 24.0 Å². The molecule has 170 valence electrons. The summed E-state index contributed by atoms with van der Waals surface area (Å²) in [5, 5.41) is 10.1. The van der Waals surface area contributed by atoms with E-state index in [9.17, 15) is 14.9 Å². The van der Waals surface area contributed by atoms with Gasteiger partial charge in [0, 0.05) is 26.2 Å². The highest BCUT2D eigenvalue weighted by atomic mass is 16.7. The molecule has 2 amide bonds. The lowest BCUT2D eigenvalue weighted by atomic mass is 9.79. The van der Waals surface area contributed by atoms with E-state index in [1.165, 1.54) is 0 Å². The predicted molar refractivity (Wildman–Crippen MR) is 113 cm³/mol. The topological polar surface area (TPSA) is 95.3 Å². The summed E-state index contributed by atoms with van der Waals surface area (Å²) in [7, 11) is 0. The molecule has 9 heteroatoms. The van der Waals surface area contributed by atoms with Crippen molar-refractivity contribution in [1.82, 2.24) is 14.7 Å². The molecule has 3 fully saturated rings. The van der Waals surface area contributed by atoms with Crippen LogP contribution in [0.2, 0.25) is 0 Å². The molecule has 3 saturated heterocycles. The van der Waals surface area contributed by atoms with Crippen LogP contribution in [0.25, 0.3) is 0 Å². The van der Waals surface area contributed by atoms with Gasteiger partial charge in [0.15, 0.2) is 11.5 Å². The second-order valence-electron chi connectivity index (χ2n) is 9.17. The minimum absolute atomic E-state index is 0.0740. The smallest absolute Gasteiger partial charge is 0.246 e. The molecule has 32 heavy (non-hydrogen) atoms. The summed E-state index contributed by atoms with van der Waals surface area (Å²) in [5.41, 5.74) is -0.0974. The van der Waals surface area contributed by atoms with E-state index in [4.69, 9.17) is 14.2 Å². The van der Waals surface area contributed by atoms with E-state index in [1.54, 1.807) is 22.8 Å². The van der Waals surface area contributed by atoms with Crippen LogP contribution in [0, 0.1) is 16.7 Å². The minimum atomic E-state index is -0.885. The number of ether oxygens (including phenoxy) is 3. The van der Waals surface area contributed by atoms with E-state index in [0.717, 1.165) is 18.7 Å². The van der Waals surface area contributed by atoms with Gasteiger partial charge in [-0.15, -0.1) is 0 Å². The van der Waals surface area contributed by atoms with Gasteiger partial charge in [-0.25, -0.2) is 0 Å². The van der Waals surface area contributed by atoms with Gasteiger partial charge in [-0.3, -0.25) is 14.5 Å². The van der Waals surface area contributed by atoms with Crippen LogP contribution in [0.1, 0.15) is 31.9 Å². The number of rotatable bonds is 4. The van der Waals surface area contributed by atoms with Crippen molar-refractivity contribution in [2.75, 3.05) is 46.2 Å². The van der Waals surface area contributed by atoms with Crippen LogP contribution in [0.15, 0.2) is 18.2 Å². The highest BCUT2D eigenvalue weighted by molar-refractivity contribution is 5.98. The number of morpholine rings is 1. The summed E-state index contributed by atoms with van der Waals surface area (Å²) in [4.78, 5) is 32.7. The van der Waals surface area contributed by atoms with E-state index < -0.39 is 23.5 Å². The number of piperazine rings is 1. The second-order valence-corrected chi connectivity index (χ2v) is 9.17. The number of fused-ring (bicyclic) bond motifs is 2. The lowest BCUT2D eigenvalue weighted by Crippen LogP contribution is -2.63. The molecule has 1 aromatic rings. The number of carbonyl (C=O) groups is 2. The normalized spacial score (nSPS) is 32.2. The molecule has 0 saturated carbocycles. The molecular weight excluding hydrogens is 412 g/mol. The van der Waals surface area contributed by atoms with Crippen molar-refractivity contribution in [3.8, 4) is 17.6 Å². The molecule has 4 heterocycles. The Bertz CT molecular complexity index is 972. The lowest BCUT2D eigenvalue weighted by molar-refractivity contribution is -0.161. The van der Waals surface area contributed by atoms with Crippen LogP contribution < -0.4 is 9.47 Å². The van der Waals surface area contributed by atoms with Gasteiger partial charge in [-0.2, -0.15) is 5.26 Å². The lowest BCUT2D eigenvalue weighted by Gasteiger charge is -2.44. The molecule has 3 unspecified atom stereocenters. The van der Waals surface area contributed by atoms with Gasteiger partial charge >= 0.3 is 0 Å². The van der Waals surface area contributed by atoms with E-state index in [2.05, 4.69) is 11.0 Å². The molecule has 9 nitrogen and oxygen atoms in total. The van der Waals surface area contributed by atoms with Crippen molar-refractivity contribution in [3.05, 3.63) is 23.8 Å². The van der Waals surface area contributed by atoms with Gasteiger partial charge in [0.05, 0.1) is 30.7 Å². The fourth-order valence-corrected chi connectivity index (χ4v) is 5.41. The maximum atomic E-state index is 13.6. The SMILES string of the molecule is CC1C(=O)N2C(C[C@](C)(C#N)C2c2ccc3c(c2)OCO3)C(=O)N1CCN1CCOCC1. The Morgan fingerprint density at radius 3 is 2.62 bits per heavy atom. The monoisotopic (exact) mass is 440 g/mol. The van der Waals surface area contributed by atoms with E-state index in [1.807, 2.05) is 19.1 Å².